The van der Waals surface area contributed by atoms with E-state index in [-0.39, 0.29) is 0 Å². The van der Waals surface area contributed by atoms with Crippen molar-refractivity contribution in [2.75, 3.05) is 0 Å². The van der Waals surface area contributed by atoms with Gasteiger partial charge in [0.05, 0.1) is 22.9 Å². The van der Waals surface area contributed by atoms with Crippen molar-refractivity contribution in [2.45, 2.75) is 6.92 Å². The first-order valence-corrected chi connectivity index (χ1v) is 9.95. The SMILES string of the molecule is C=c1[nH]nc(-c2cc3c(-c4ccncc4)cccc3[nH]2)/c1=C/C(=C\C)c1cnccn1. The standard InChI is InChI=1S/C25H20N6/c1-3-17(24-15-27-11-12-28-24)13-20-16(2)30-31-25(20)23-14-21-19(5-4-6-22(21)29-23)18-7-9-26-10-8-18/h3-15,29-30H,2H2,1H3/b17-3+,20-13+. The molecule has 0 spiro atoms. The molecular formula is C25H20N6. The van der Waals surface area contributed by atoms with Gasteiger partial charge in [-0.25, -0.2) is 0 Å². The predicted octanol–water partition coefficient (Wildman–Crippen LogP) is 3.70. The van der Waals surface area contributed by atoms with Crippen molar-refractivity contribution in [3.8, 4) is 22.5 Å². The number of hydrogen-bond acceptors (Lipinski definition) is 4. The van der Waals surface area contributed by atoms with Crippen LogP contribution in [0.2, 0.25) is 0 Å². The van der Waals surface area contributed by atoms with E-state index >= 15 is 0 Å². The van der Waals surface area contributed by atoms with Gasteiger partial charge in [0, 0.05) is 40.9 Å². The van der Waals surface area contributed by atoms with Crippen LogP contribution in [0, 0.1) is 0 Å². The molecule has 31 heavy (non-hydrogen) atoms. The maximum Gasteiger partial charge on any atom is 0.116 e. The highest BCUT2D eigenvalue weighted by atomic mass is 15.1. The van der Waals surface area contributed by atoms with Gasteiger partial charge in [0.2, 0.25) is 0 Å². The van der Waals surface area contributed by atoms with Gasteiger partial charge in [0.15, 0.2) is 0 Å². The summed E-state index contributed by atoms with van der Waals surface area (Å²) in [4.78, 5) is 16.2. The highest BCUT2D eigenvalue weighted by Gasteiger charge is 2.12. The number of aromatic amines is 2. The predicted molar refractivity (Wildman–Crippen MR) is 124 cm³/mol. The number of aromatic nitrogens is 6. The summed E-state index contributed by atoms with van der Waals surface area (Å²) < 4.78 is 0. The number of allylic oxidation sites excluding steroid dienone is 2. The Morgan fingerprint density at radius 2 is 1.90 bits per heavy atom. The largest absolute Gasteiger partial charge is 0.353 e. The molecule has 0 saturated heterocycles. The van der Waals surface area contributed by atoms with Gasteiger partial charge in [-0.05, 0) is 54.0 Å². The smallest absolute Gasteiger partial charge is 0.116 e. The number of H-pyrrole nitrogens is 2. The summed E-state index contributed by atoms with van der Waals surface area (Å²) in [7, 11) is 0. The maximum atomic E-state index is 4.54. The molecule has 4 heterocycles. The van der Waals surface area contributed by atoms with Crippen LogP contribution in [0.25, 0.3) is 51.6 Å². The molecule has 6 heteroatoms. The molecule has 5 aromatic rings. The summed E-state index contributed by atoms with van der Waals surface area (Å²) in [5.74, 6) is 0. The third-order valence-corrected chi connectivity index (χ3v) is 5.26. The van der Waals surface area contributed by atoms with Crippen LogP contribution in [0.15, 0.2) is 73.5 Å². The molecular weight excluding hydrogens is 384 g/mol. The lowest BCUT2D eigenvalue weighted by molar-refractivity contribution is 1.06. The minimum atomic E-state index is 0.742. The number of hydrogen-bond donors (Lipinski definition) is 2. The fraction of sp³-hybridized carbons (Fsp3) is 0.0400. The molecule has 0 amide bonds. The molecule has 0 radical (unpaired) electrons. The van der Waals surface area contributed by atoms with E-state index in [1.807, 2.05) is 43.6 Å². The Bertz CT molecular complexity index is 1490. The molecule has 0 fully saturated rings. The topological polar surface area (TPSA) is 83.1 Å². The van der Waals surface area contributed by atoms with Gasteiger partial charge in [-0.2, -0.15) is 5.10 Å². The van der Waals surface area contributed by atoms with Crippen molar-refractivity contribution in [1.29, 1.82) is 0 Å². The Kier molecular flexibility index (Phi) is 4.72. The van der Waals surface area contributed by atoms with Crippen LogP contribution in [0.1, 0.15) is 12.6 Å². The van der Waals surface area contributed by atoms with E-state index in [2.05, 4.69) is 61.0 Å². The number of nitrogens with one attached hydrogen (secondary N) is 2. The molecule has 4 aromatic heterocycles. The molecule has 0 saturated carbocycles. The van der Waals surface area contributed by atoms with Gasteiger partial charge in [-0.1, -0.05) is 24.8 Å². The lowest BCUT2D eigenvalue weighted by Crippen LogP contribution is -2.22. The van der Waals surface area contributed by atoms with E-state index in [9.17, 15) is 0 Å². The molecule has 150 valence electrons. The van der Waals surface area contributed by atoms with Crippen molar-refractivity contribution >= 4 is 29.1 Å². The van der Waals surface area contributed by atoms with Crippen molar-refractivity contribution < 1.29 is 0 Å². The molecule has 0 unspecified atom stereocenters. The summed E-state index contributed by atoms with van der Waals surface area (Å²) >= 11 is 0. The quantitative estimate of drug-likeness (QED) is 0.478. The van der Waals surface area contributed by atoms with Gasteiger partial charge in [0.25, 0.3) is 0 Å². The highest BCUT2D eigenvalue weighted by molar-refractivity contribution is 5.98. The van der Waals surface area contributed by atoms with Gasteiger partial charge in [-0.15, -0.1) is 0 Å². The van der Waals surface area contributed by atoms with Crippen LogP contribution in [0.3, 0.4) is 0 Å². The van der Waals surface area contributed by atoms with Crippen LogP contribution in [0.4, 0.5) is 0 Å². The first-order chi connectivity index (χ1) is 15.2. The van der Waals surface area contributed by atoms with E-state index in [0.717, 1.165) is 55.3 Å². The third kappa shape index (κ3) is 3.44. The minimum Gasteiger partial charge on any atom is -0.353 e. The summed E-state index contributed by atoms with van der Waals surface area (Å²) in [6.07, 6.45) is 12.8. The summed E-state index contributed by atoms with van der Waals surface area (Å²) in [6.45, 7) is 6.11. The summed E-state index contributed by atoms with van der Waals surface area (Å²) in [6, 6.07) is 12.4. The van der Waals surface area contributed by atoms with Crippen LogP contribution in [0.5, 0.6) is 0 Å². The first kappa shape index (κ1) is 18.7. The van der Waals surface area contributed by atoms with Crippen molar-refractivity contribution in [3.05, 3.63) is 89.7 Å². The van der Waals surface area contributed by atoms with Crippen molar-refractivity contribution in [2.24, 2.45) is 0 Å². The number of benzene rings is 1. The van der Waals surface area contributed by atoms with E-state index in [1.54, 1.807) is 18.6 Å². The number of pyridine rings is 1. The Balaban J connectivity index is 1.67. The number of rotatable bonds is 4. The normalized spacial score (nSPS) is 12.5. The van der Waals surface area contributed by atoms with E-state index in [1.165, 1.54) is 0 Å². The molecule has 2 N–H and O–H groups in total. The highest BCUT2D eigenvalue weighted by Crippen LogP contribution is 2.30. The lowest BCUT2D eigenvalue weighted by Gasteiger charge is -2.02. The third-order valence-electron chi connectivity index (χ3n) is 5.26. The summed E-state index contributed by atoms with van der Waals surface area (Å²) in [5, 5.41) is 10.3. The Morgan fingerprint density at radius 3 is 2.68 bits per heavy atom. The molecule has 5 rings (SSSR count). The Hall–Kier alpha value is -4.32. The fourth-order valence-electron chi connectivity index (χ4n) is 3.72. The summed E-state index contributed by atoms with van der Waals surface area (Å²) in [5.41, 5.74) is 6.80. The van der Waals surface area contributed by atoms with Crippen LogP contribution >= 0.6 is 0 Å². The van der Waals surface area contributed by atoms with E-state index < -0.39 is 0 Å². The average molecular weight is 404 g/mol. The van der Waals surface area contributed by atoms with E-state index in [4.69, 9.17) is 0 Å². The molecule has 0 atom stereocenters. The van der Waals surface area contributed by atoms with E-state index in [0.29, 0.717) is 0 Å². The fourth-order valence-corrected chi connectivity index (χ4v) is 3.72. The first-order valence-electron chi connectivity index (χ1n) is 9.95. The van der Waals surface area contributed by atoms with Crippen LogP contribution < -0.4 is 10.6 Å². The number of fused-ring (bicyclic) bond motifs is 1. The second-order valence-corrected chi connectivity index (χ2v) is 7.13. The minimum absolute atomic E-state index is 0.742. The molecule has 6 nitrogen and oxygen atoms in total. The molecule has 0 aliphatic carbocycles. The lowest BCUT2D eigenvalue weighted by atomic mass is 10.0. The van der Waals surface area contributed by atoms with Crippen molar-refractivity contribution in [3.63, 3.8) is 0 Å². The maximum absolute atomic E-state index is 4.54. The molecule has 0 aliphatic rings. The van der Waals surface area contributed by atoms with Crippen LogP contribution in [-0.2, 0) is 0 Å². The van der Waals surface area contributed by atoms with Crippen molar-refractivity contribution in [1.82, 2.24) is 30.1 Å². The van der Waals surface area contributed by atoms with Crippen LogP contribution in [-0.4, -0.2) is 30.1 Å². The van der Waals surface area contributed by atoms with Gasteiger partial charge in [0.1, 0.15) is 5.69 Å². The Labute approximate surface area is 178 Å². The monoisotopic (exact) mass is 404 g/mol. The average Bonchev–Trinajstić information content (AvgIpc) is 3.41. The second kappa shape index (κ2) is 7.84. The second-order valence-electron chi connectivity index (χ2n) is 7.13. The molecule has 0 bridgehead atoms. The Morgan fingerprint density at radius 1 is 1.03 bits per heavy atom. The van der Waals surface area contributed by atoms with Gasteiger partial charge >= 0.3 is 0 Å². The zero-order valence-electron chi connectivity index (χ0n) is 17.0. The molecule has 1 aromatic carbocycles. The molecule has 0 aliphatic heterocycles. The number of nitrogens with zero attached hydrogens (tertiary/aromatic N) is 4. The zero-order chi connectivity index (χ0) is 21.2. The van der Waals surface area contributed by atoms with Gasteiger partial charge in [-0.3, -0.25) is 20.1 Å². The zero-order valence-corrected chi connectivity index (χ0v) is 17.0. The van der Waals surface area contributed by atoms with Gasteiger partial charge < -0.3 is 4.98 Å².